The molecular weight excluding hydrogens is 200 g/mol. The highest BCUT2D eigenvalue weighted by Gasteiger charge is 2.17. The zero-order valence-electron chi connectivity index (χ0n) is 8.20. The maximum atomic E-state index is 11.4. The molecule has 0 unspecified atom stereocenters. The van der Waals surface area contributed by atoms with Gasteiger partial charge in [-0.25, -0.2) is 9.78 Å². The SMILES string of the molecule is COC(=O)c1sc2cnc(C)n2c1C. The lowest BCUT2D eigenvalue weighted by atomic mass is 10.4. The summed E-state index contributed by atoms with van der Waals surface area (Å²) in [7, 11) is 1.39. The second-order valence-corrected chi connectivity index (χ2v) is 4.02. The molecule has 0 aromatic carbocycles. The van der Waals surface area contributed by atoms with Gasteiger partial charge in [-0.2, -0.15) is 0 Å². The van der Waals surface area contributed by atoms with Gasteiger partial charge in [0, 0.05) is 5.69 Å². The van der Waals surface area contributed by atoms with Crippen LogP contribution in [0, 0.1) is 13.8 Å². The van der Waals surface area contributed by atoms with Crippen molar-refractivity contribution in [1.82, 2.24) is 9.38 Å². The van der Waals surface area contributed by atoms with Gasteiger partial charge in [0.15, 0.2) is 0 Å². The molecule has 0 saturated heterocycles. The molecule has 0 spiro atoms. The van der Waals surface area contributed by atoms with E-state index in [1.807, 2.05) is 18.2 Å². The number of aromatic nitrogens is 2. The topological polar surface area (TPSA) is 43.6 Å². The number of carbonyl (C=O) groups is 1. The van der Waals surface area contributed by atoms with Crippen LogP contribution < -0.4 is 0 Å². The highest BCUT2D eigenvalue weighted by atomic mass is 32.1. The Morgan fingerprint density at radius 3 is 2.86 bits per heavy atom. The first kappa shape index (κ1) is 9.21. The molecular formula is C9H10N2O2S. The third-order valence-electron chi connectivity index (χ3n) is 2.15. The molecule has 0 fully saturated rings. The number of hydrogen-bond donors (Lipinski definition) is 0. The molecule has 0 aliphatic carbocycles. The number of aryl methyl sites for hydroxylation is 2. The van der Waals surface area contributed by atoms with Crippen molar-refractivity contribution in [1.29, 1.82) is 0 Å². The Bertz CT molecular complexity index is 498. The van der Waals surface area contributed by atoms with E-state index >= 15 is 0 Å². The first-order valence-electron chi connectivity index (χ1n) is 4.17. The molecule has 0 saturated carbocycles. The van der Waals surface area contributed by atoms with Gasteiger partial charge in [-0.3, -0.25) is 4.40 Å². The average molecular weight is 210 g/mol. The Hall–Kier alpha value is -1.36. The molecule has 0 aliphatic rings. The Balaban J connectivity index is 2.69. The van der Waals surface area contributed by atoms with Crippen molar-refractivity contribution in [3.63, 3.8) is 0 Å². The normalized spacial score (nSPS) is 10.8. The summed E-state index contributed by atoms with van der Waals surface area (Å²) in [4.78, 5) is 17.2. The number of methoxy groups -OCH3 is 1. The number of carbonyl (C=O) groups excluding carboxylic acids is 1. The summed E-state index contributed by atoms with van der Waals surface area (Å²) in [6.45, 7) is 3.80. The van der Waals surface area contributed by atoms with Gasteiger partial charge >= 0.3 is 5.97 Å². The van der Waals surface area contributed by atoms with Crippen LogP contribution in [0.2, 0.25) is 0 Å². The lowest BCUT2D eigenvalue weighted by Crippen LogP contribution is -2.01. The van der Waals surface area contributed by atoms with Crippen molar-refractivity contribution < 1.29 is 9.53 Å². The van der Waals surface area contributed by atoms with Crippen LogP contribution in [0.15, 0.2) is 6.20 Å². The molecule has 0 aliphatic heterocycles. The van der Waals surface area contributed by atoms with E-state index in [0.29, 0.717) is 4.88 Å². The highest BCUT2D eigenvalue weighted by molar-refractivity contribution is 7.19. The van der Waals surface area contributed by atoms with Crippen molar-refractivity contribution in [3.05, 3.63) is 22.6 Å². The Morgan fingerprint density at radius 2 is 2.29 bits per heavy atom. The van der Waals surface area contributed by atoms with Crippen LogP contribution in [-0.4, -0.2) is 22.5 Å². The summed E-state index contributed by atoms with van der Waals surface area (Å²) in [5.74, 6) is 0.611. The molecule has 0 amide bonds. The van der Waals surface area contributed by atoms with E-state index in [0.717, 1.165) is 16.3 Å². The van der Waals surface area contributed by atoms with E-state index in [4.69, 9.17) is 4.74 Å². The largest absolute Gasteiger partial charge is 0.465 e. The van der Waals surface area contributed by atoms with Gasteiger partial charge in [-0.05, 0) is 13.8 Å². The Labute approximate surface area is 85.1 Å². The molecule has 0 atom stereocenters. The van der Waals surface area contributed by atoms with Crippen LogP contribution in [0.1, 0.15) is 21.2 Å². The monoisotopic (exact) mass is 210 g/mol. The molecule has 0 bridgehead atoms. The predicted octanol–water partition coefficient (Wildman–Crippen LogP) is 1.80. The van der Waals surface area contributed by atoms with Crippen molar-refractivity contribution in [2.24, 2.45) is 0 Å². The molecule has 0 N–H and O–H groups in total. The highest BCUT2D eigenvalue weighted by Crippen LogP contribution is 2.24. The van der Waals surface area contributed by atoms with Crippen LogP contribution in [0.25, 0.3) is 4.83 Å². The first-order chi connectivity index (χ1) is 6.65. The Morgan fingerprint density at radius 1 is 1.57 bits per heavy atom. The van der Waals surface area contributed by atoms with Crippen molar-refractivity contribution >= 4 is 22.1 Å². The van der Waals surface area contributed by atoms with Gasteiger partial charge in [0.1, 0.15) is 15.5 Å². The molecule has 0 radical (unpaired) electrons. The molecule has 4 nitrogen and oxygen atoms in total. The van der Waals surface area contributed by atoms with Gasteiger partial charge in [-0.15, -0.1) is 11.3 Å². The zero-order chi connectivity index (χ0) is 10.3. The van der Waals surface area contributed by atoms with E-state index in [1.165, 1.54) is 18.4 Å². The number of nitrogens with zero attached hydrogens (tertiary/aromatic N) is 2. The molecule has 74 valence electrons. The molecule has 5 heteroatoms. The van der Waals surface area contributed by atoms with Crippen LogP contribution >= 0.6 is 11.3 Å². The fourth-order valence-electron chi connectivity index (χ4n) is 1.47. The number of fused-ring (bicyclic) bond motifs is 1. The van der Waals surface area contributed by atoms with Crippen LogP contribution in [0.5, 0.6) is 0 Å². The third kappa shape index (κ3) is 1.13. The molecule has 2 rings (SSSR count). The minimum absolute atomic E-state index is 0.282. The third-order valence-corrected chi connectivity index (χ3v) is 3.31. The first-order valence-corrected chi connectivity index (χ1v) is 4.98. The van der Waals surface area contributed by atoms with Gasteiger partial charge in [-0.1, -0.05) is 0 Å². The summed E-state index contributed by atoms with van der Waals surface area (Å²) in [5, 5.41) is 0. The second kappa shape index (κ2) is 3.09. The quantitative estimate of drug-likeness (QED) is 0.674. The predicted molar refractivity (Wildman–Crippen MR) is 53.9 cm³/mol. The summed E-state index contributed by atoms with van der Waals surface area (Å²) in [6.07, 6.45) is 1.76. The molecule has 2 aromatic heterocycles. The Kier molecular flexibility index (Phi) is 2.03. The zero-order valence-corrected chi connectivity index (χ0v) is 9.01. The fourth-order valence-corrected chi connectivity index (χ4v) is 2.55. The fraction of sp³-hybridized carbons (Fsp3) is 0.333. The lowest BCUT2D eigenvalue weighted by molar-refractivity contribution is 0.0605. The van der Waals surface area contributed by atoms with Crippen molar-refractivity contribution in [3.8, 4) is 0 Å². The molecule has 2 aromatic rings. The number of rotatable bonds is 1. The number of ether oxygens (including phenoxy) is 1. The van der Waals surface area contributed by atoms with Crippen LogP contribution in [0.3, 0.4) is 0 Å². The van der Waals surface area contributed by atoms with Gasteiger partial charge < -0.3 is 4.74 Å². The number of esters is 1. The van der Waals surface area contributed by atoms with E-state index < -0.39 is 0 Å². The minimum atomic E-state index is -0.282. The molecule has 2 heterocycles. The number of imidazole rings is 1. The summed E-state index contributed by atoms with van der Waals surface area (Å²) >= 11 is 1.40. The minimum Gasteiger partial charge on any atom is -0.465 e. The number of hydrogen-bond acceptors (Lipinski definition) is 4. The van der Waals surface area contributed by atoms with Gasteiger partial charge in [0.2, 0.25) is 0 Å². The van der Waals surface area contributed by atoms with Crippen LogP contribution in [0.4, 0.5) is 0 Å². The van der Waals surface area contributed by atoms with Gasteiger partial charge in [0.05, 0.1) is 13.3 Å². The average Bonchev–Trinajstić information content (AvgIpc) is 2.68. The maximum Gasteiger partial charge on any atom is 0.349 e. The lowest BCUT2D eigenvalue weighted by Gasteiger charge is -1.97. The van der Waals surface area contributed by atoms with Crippen LogP contribution in [-0.2, 0) is 4.74 Å². The molecule has 14 heavy (non-hydrogen) atoms. The smallest absolute Gasteiger partial charge is 0.349 e. The van der Waals surface area contributed by atoms with Crippen molar-refractivity contribution in [2.75, 3.05) is 7.11 Å². The second-order valence-electron chi connectivity index (χ2n) is 2.99. The van der Waals surface area contributed by atoms with E-state index in [9.17, 15) is 4.79 Å². The van der Waals surface area contributed by atoms with Gasteiger partial charge in [0.25, 0.3) is 0 Å². The summed E-state index contributed by atoms with van der Waals surface area (Å²) in [6, 6.07) is 0. The summed E-state index contributed by atoms with van der Waals surface area (Å²) < 4.78 is 6.65. The maximum absolute atomic E-state index is 11.4. The van der Waals surface area contributed by atoms with E-state index in [-0.39, 0.29) is 5.97 Å². The standard InChI is InChI=1S/C9H10N2O2S/c1-5-8(9(12)13-3)14-7-4-10-6(2)11(5)7/h4H,1-3H3. The number of thiazole rings is 1. The van der Waals surface area contributed by atoms with Crippen molar-refractivity contribution in [2.45, 2.75) is 13.8 Å². The summed E-state index contributed by atoms with van der Waals surface area (Å²) in [5.41, 5.74) is 0.895. The van der Waals surface area contributed by atoms with E-state index in [1.54, 1.807) is 6.20 Å². The van der Waals surface area contributed by atoms with E-state index in [2.05, 4.69) is 4.98 Å².